The molecule has 0 bridgehead atoms. The number of hydrogen-bond acceptors (Lipinski definition) is 1. The van der Waals surface area contributed by atoms with E-state index in [9.17, 15) is 18.0 Å². The molecule has 0 atom stereocenters. The second-order valence-corrected chi connectivity index (χ2v) is 4.13. The Balaban J connectivity index is 2.78. The van der Waals surface area contributed by atoms with Gasteiger partial charge in [0.25, 0.3) is 0 Å². The lowest BCUT2D eigenvalue weighted by molar-refractivity contribution is -0.137. The van der Waals surface area contributed by atoms with E-state index in [1.807, 2.05) is 0 Å². The first-order valence-electron chi connectivity index (χ1n) is 5.41. The zero-order chi connectivity index (χ0) is 14.5. The molecule has 0 aliphatic heterocycles. The lowest BCUT2D eigenvalue weighted by atomic mass is 10.1. The van der Waals surface area contributed by atoms with E-state index in [0.717, 1.165) is 12.1 Å². The summed E-state index contributed by atoms with van der Waals surface area (Å²) in [5.41, 5.74) is -0.664. The summed E-state index contributed by atoms with van der Waals surface area (Å²) in [6, 6.07) is 2.99. The summed E-state index contributed by atoms with van der Waals surface area (Å²) in [7, 11) is 0. The molecule has 1 aromatic carbocycles. The van der Waals surface area contributed by atoms with E-state index < -0.39 is 11.7 Å². The SMILES string of the molecule is CC(=O)NCCC#Cc1cc(C(F)(F)F)ccc1Cl. The van der Waals surface area contributed by atoms with Crippen LogP contribution in [0.15, 0.2) is 18.2 Å². The Kier molecular flexibility index (Phi) is 5.25. The summed E-state index contributed by atoms with van der Waals surface area (Å²) >= 11 is 5.77. The predicted octanol–water partition coefficient (Wildman–Crippen LogP) is 3.24. The van der Waals surface area contributed by atoms with Crippen LogP contribution in [0.3, 0.4) is 0 Å². The number of alkyl halides is 3. The number of rotatable bonds is 2. The third kappa shape index (κ3) is 5.23. The van der Waals surface area contributed by atoms with Gasteiger partial charge >= 0.3 is 6.18 Å². The minimum Gasteiger partial charge on any atom is -0.355 e. The molecule has 0 aliphatic carbocycles. The van der Waals surface area contributed by atoms with Crippen molar-refractivity contribution in [3.63, 3.8) is 0 Å². The van der Waals surface area contributed by atoms with Gasteiger partial charge in [-0.15, -0.1) is 0 Å². The van der Waals surface area contributed by atoms with E-state index in [1.165, 1.54) is 13.0 Å². The van der Waals surface area contributed by atoms with Gasteiger partial charge in [-0.05, 0) is 18.2 Å². The molecule has 0 fully saturated rings. The van der Waals surface area contributed by atoms with Crippen LogP contribution in [0.4, 0.5) is 13.2 Å². The number of hydrogen-bond donors (Lipinski definition) is 1. The number of benzene rings is 1. The number of amides is 1. The molecule has 6 heteroatoms. The maximum atomic E-state index is 12.5. The van der Waals surface area contributed by atoms with Crippen molar-refractivity contribution in [2.24, 2.45) is 0 Å². The van der Waals surface area contributed by atoms with Crippen molar-refractivity contribution in [1.29, 1.82) is 0 Å². The fourth-order valence-electron chi connectivity index (χ4n) is 1.26. The molecule has 2 nitrogen and oxygen atoms in total. The molecule has 0 unspecified atom stereocenters. The Labute approximate surface area is 113 Å². The van der Waals surface area contributed by atoms with Crippen LogP contribution in [0.25, 0.3) is 0 Å². The maximum absolute atomic E-state index is 12.5. The third-order valence-corrected chi connectivity index (χ3v) is 2.47. The molecule has 0 saturated heterocycles. The molecule has 1 N–H and O–H groups in total. The predicted molar refractivity (Wildman–Crippen MR) is 66.6 cm³/mol. The molecule has 0 spiro atoms. The Morgan fingerprint density at radius 2 is 2.11 bits per heavy atom. The van der Waals surface area contributed by atoms with Crippen molar-refractivity contribution in [2.75, 3.05) is 6.54 Å². The van der Waals surface area contributed by atoms with E-state index in [1.54, 1.807) is 0 Å². The Morgan fingerprint density at radius 1 is 1.42 bits per heavy atom. The van der Waals surface area contributed by atoms with E-state index >= 15 is 0 Å². The van der Waals surface area contributed by atoms with Crippen LogP contribution < -0.4 is 5.32 Å². The first-order valence-corrected chi connectivity index (χ1v) is 5.78. The zero-order valence-electron chi connectivity index (χ0n) is 10.1. The molecular weight excluding hydrogens is 279 g/mol. The van der Waals surface area contributed by atoms with Crippen LogP contribution in [-0.2, 0) is 11.0 Å². The van der Waals surface area contributed by atoms with Crippen LogP contribution in [0.2, 0.25) is 5.02 Å². The highest BCUT2D eigenvalue weighted by molar-refractivity contribution is 6.31. The van der Waals surface area contributed by atoms with E-state index in [0.29, 0.717) is 13.0 Å². The highest BCUT2D eigenvalue weighted by Crippen LogP contribution is 2.31. The normalized spacial score (nSPS) is 10.6. The van der Waals surface area contributed by atoms with Crippen LogP contribution in [0, 0.1) is 11.8 Å². The monoisotopic (exact) mass is 289 g/mol. The molecule has 19 heavy (non-hydrogen) atoms. The molecule has 1 rings (SSSR count). The van der Waals surface area contributed by atoms with Gasteiger partial charge < -0.3 is 5.32 Å². The molecule has 0 aliphatic rings. The maximum Gasteiger partial charge on any atom is 0.416 e. The first kappa shape index (κ1) is 15.4. The number of nitrogens with one attached hydrogen (secondary N) is 1. The minimum absolute atomic E-state index is 0.124. The molecule has 0 aromatic heterocycles. The van der Waals surface area contributed by atoms with Gasteiger partial charge in [-0.1, -0.05) is 23.4 Å². The number of carbonyl (C=O) groups excluding carboxylic acids is 1. The molecule has 1 amide bonds. The van der Waals surface area contributed by atoms with Gasteiger partial charge in [0.05, 0.1) is 10.6 Å². The van der Waals surface area contributed by atoms with E-state index in [2.05, 4.69) is 17.2 Å². The van der Waals surface area contributed by atoms with E-state index in [4.69, 9.17) is 11.6 Å². The van der Waals surface area contributed by atoms with E-state index in [-0.39, 0.29) is 16.5 Å². The average molecular weight is 290 g/mol. The highest BCUT2D eigenvalue weighted by Gasteiger charge is 2.30. The lowest BCUT2D eigenvalue weighted by Gasteiger charge is -2.07. The fraction of sp³-hybridized carbons (Fsp3) is 0.308. The van der Waals surface area contributed by atoms with Gasteiger partial charge in [-0.3, -0.25) is 4.79 Å². The van der Waals surface area contributed by atoms with Crippen LogP contribution in [0.1, 0.15) is 24.5 Å². The molecule has 0 heterocycles. The summed E-state index contributed by atoms with van der Waals surface area (Å²) in [5.74, 6) is 5.04. The standard InChI is InChI=1S/C13H11ClF3NO/c1-9(19)18-7-3-2-4-10-8-11(13(15,16)17)5-6-12(10)14/h5-6,8H,3,7H2,1H3,(H,18,19). The van der Waals surface area contributed by atoms with Gasteiger partial charge in [0.1, 0.15) is 0 Å². The summed E-state index contributed by atoms with van der Waals surface area (Å²) in [6.45, 7) is 1.72. The van der Waals surface area contributed by atoms with Gasteiger partial charge in [0, 0.05) is 25.5 Å². The van der Waals surface area contributed by atoms with Crippen molar-refractivity contribution in [3.05, 3.63) is 34.3 Å². The Morgan fingerprint density at radius 3 is 2.68 bits per heavy atom. The van der Waals surface area contributed by atoms with Crippen molar-refractivity contribution >= 4 is 17.5 Å². The number of carbonyl (C=O) groups is 1. The topological polar surface area (TPSA) is 29.1 Å². The Bertz CT molecular complexity index is 529. The summed E-state index contributed by atoms with van der Waals surface area (Å²) in [4.78, 5) is 10.6. The fourth-order valence-corrected chi connectivity index (χ4v) is 1.42. The van der Waals surface area contributed by atoms with Gasteiger partial charge in [-0.2, -0.15) is 13.2 Å². The van der Waals surface area contributed by atoms with Gasteiger partial charge in [0.15, 0.2) is 0 Å². The molecule has 102 valence electrons. The zero-order valence-corrected chi connectivity index (χ0v) is 10.8. The van der Waals surface area contributed by atoms with Crippen LogP contribution in [-0.4, -0.2) is 12.5 Å². The quantitative estimate of drug-likeness (QED) is 0.657. The highest BCUT2D eigenvalue weighted by atomic mass is 35.5. The van der Waals surface area contributed by atoms with Crippen molar-refractivity contribution in [1.82, 2.24) is 5.32 Å². The van der Waals surface area contributed by atoms with Gasteiger partial charge in [-0.25, -0.2) is 0 Å². The first-order chi connectivity index (χ1) is 8.80. The second kappa shape index (κ2) is 6.48. The largest absolute Gasteiger partial charge is 0.416 e. The summed E-state index contributed by atoms with van der Waals surface area (Å²) < 4.78 is 37.5. The number of halogens is 4. The Hall–Kier alpha value is -1.67. The summed E-state index contributed by atoms with van der Waals surface area (Å²) in [6.07, 6.45) is -4.08. The molecule has 1 aromatic rings. The van der Waals surface area contributed by atoms with Crippen molar-refractivity contribution < 1.29 is 18.0 Å². The average Bonchev–Trinajstić information content (AvgIpc) is 2.29. The minimum atomic E-state index is -4.42. The van der Waals surface area contributed by atoms with Crippen LogP contribution >= 0.6 is 11.6 Å². The molecular formula is C13H11ClF3NO. The molecule has 0 radical (unpaired) electrons. The second-order valence-electron chi connectivity index (χ2n) is 3.73. The summed E-state index contributed by atoms with van der Waals surface area (Å²) in [5, 5.41) is 2.69. The molecule has 0 saturated carbocycles. The van der Waals surface area contributed by atoms with Gasteiger partial charge in [0.2, 0.25) is 5.91 Å². The smallest absolute Gasteiger partial charge is 0.355 e. The lowest BCUT2D eigenvalue weighted by Crippen LogP contribution is -2.20. The van der Waals surface area contributed by atoms with Crippen molar-refractivity contribution in [2.45, 2.75) is 19.5 Å². The third-order valence-electron chi connectivity index (χ3n) is 2.14. The van der Waals surface area contributed by atoms with Crippen molar-refractivity contribution in [3.8, 4) is 11.8 Å². The van der Waals surface area contributed by atoms with Crippen LogP contribution in [0.5, 0.6) is 0 Å².